The molecule has 0 radical (unpaired) electrons. The second kappa shape index (κ2) is 6.97. The zero-order valence-electron chi connectivity index (χ0n) is 14.4. The summed E-state index contributed by atoms with van der Waals surface area (Å²) < 4.78 is 0. The lowest BCUT2D eigenvalue weighted by atomic mass is 10.0. The van der Waals surface area contributed by atoms with E-state index in [4.69, 9.17) is 0 Å². The Kier molecular flexibility index (Phi) is 5.23. The Bertz CT molecular complexity index is 326. The summed E-state index contributed by atoms with van der Waals surface area (Å²) >= 11 is 0. The molecule has 0 spiro atoms. The van der Waals surface area contributed by atoms with Gasteiger partial charge >= 0.3 is 0 Å². The number of likely N-dealkylation sites (tertiary alicyclic amines) is 2. The molecule has 122 valence electrons. The van der Waals surface area contributed by atoms with E-state index in [1.165, 1.54) is 71.4 Å². The highest BCUT2D eigenvalue weighted by atomic mass is 15.3. The van der Waals surface area contributed by atoms with Gasteiger partial charge in [-0.2, -0.15) is 0 Å². The maximum Gasteiger partial charge on any atom is 0.0232 e. The standard InChI is InChI=1S/C18H35N3/c1-15(2)21-12-8-18(14-21)19(3)9-4-10-20-11-7-17(13-20)16-5-6-16/h15-18H,4-14H2,1-3H3/t17?,18-/m1/s1. The highest BCUT2D eigenvalue weighted by Gasteiger charge is 2.35. The van der Waals surface area contributed by atoms with Gasteiger partial charge in [-0.3, -0.25) is 4.90 Å². The molecule has 2 heterocycles. The maximum absolute atomic E-state index is 2.73. The predicted molar refractivity (Wildman–Crippen MR) is 89.6 cm³/mol. The lowest BCUT2D eigenvalue weighted by Crippen LogP contribution is -2.38. The van der Waals surface area contributed by atoms with E-state index in [0.717, 1.165) is 17.9 Å². The summed E-state index contributed by atoms with van der Waals surface area (Å²) in [5.74, 6) is 2.16. The van der Waals surface area contributed by atoms with Crippen LogP contribution >= 0.6 is 0 Å². The fourth-order valence-electron chi connectivity index (χ4n) is 4.34. The van der Waals surface area contributed by atoms with Crippen LogP contribution in [0.5, 0.6) is 0 Å². The van der Waals surface area contributed by atoms with Crippen LogP contribution in [0.15, 0.2) is 0 Å². The van der Waals surface area contributed by atoms with Crippen molar-refractivity contribution in [2.24, 2.45) is 11.8 Å². The fraction of sp³-hybridized carbons (Fsp3) is 1.00. The molecule has 2 saturated heterocycles. The average molecular weight is 293 g/mol. The monoisotopic (exact) mass is 293 g/mol. The average Bonchev–Trinajstić information content (AvgIpc) is 3.01. The molecule has 3 rings (SSSR count). The van der Waals surface area contributed by atoms with Gasteiger partial charge in [-0.15, -0.1) is 0 Å². The largest absolute Gasteiger partial charge is 0.303 e. The van der Waals surface area contributed by atoms with Gasteiger partial charge in [0.15, 0.2) is 0 Å². The number of rotatable bonds is 7. The lowest BCUT2D eigenvalue weighted by molar-refractivity contribution is 0.202. The molecule has 0 aromatic rings. The summed E-state index contributed by atoms with van der Waals surface area (Å²) in [7, 11) is 2.34. The van der Waals surface area contributed by atoms with Crippen LogP contribution in [0.3, 0.4) is 0 Å². The molecule has 3 heteroatoms. The Balaban J connectivity index is 1.30. The van der Waals surface area contributed by atoms with Crippen molar-refractivity contribution in [2.45, 2.75) is 58.0 Å². The molecule has 0 bridgehead atoms. The van der Waals surface area contributed by atoms with Gasteiger partial charge in [0, 0.05) is 31.7 Å². The summed E-state index contributed by atoms with van der Waals surface area (Å²) in [5.41, 5.74) is 0. The molecular weight excluding hydrogens is 258 g/mol. The highest BCUT2D eigenvalue weighted by Crippen LogP contribution is 2.41. The first-order chi connectivity index (χ1) is 10.1. The number of hydrogen-bond acceptors (Lipinski definition) is 3. The number of likely N-dealkylation sites (N-methyl/N-ethyl adjacent to an activating group) is 1. The predicted octanol–water partition coefficient (Wildman–Crippen LogP) is 2.52. The van der Waals surface area contributed by atoms with Crippen LogP contribution < -0.4 is 0 Å². The molecule has 2 atom stereocenters. The second-order valence-corrected chi connectivity index (χ2v) is 8.05. The molecule has 0 aromatic heterocycles. The van der Waals surface area contributed by atoms with E-state index in [1.807, 2.05) is 0 Å². The third-order valence-electron chi connectivity index (χ3n) is 6.13. The minimum Gasteiger partial charge on any atom is -0.303 e. The summed E-state index contributed by atoms with van der Waals surface area (Å²) in [6, 6.07) is 1.51. The first kappa shape index (κ1) is 15.8. The molecule has 2 aliphatic heterocycles. The summed E-state index contributed by atoms with van der Waals surface area (Å²) in [4.78, 5) is 7.98. The van der Waals surface area contributed by atoms with Crippen molar-refractivity contribution in [1.29, 1.82) is 0 Å². The van der Waals surface area contributed by atoms with Crippen LogP contribution in [0.1, 0.15) is 46.0 Å². The van der Waals surface area contributed by atoms with Crippen LogP contribution in [0.4, 0.5) is 0 Å². The van der Waals surface area contributed by atoms with Crippen molar-refractivity contribution in [2.75, 3.05) is 46.3 Å². The van der Waals surface area contributed by atoms with E-state index in [0.29, 0.717) is 6.04 Å². The van der Waals surface area contributed by atoms with Crippen LogP contribution in [-0.2, 0) is 0 Å². The van der Waals surface area contributed by atoms with Gasteiger partial charge in [0.2, 0.25) is 0 Å². The molecule has 1 aliphatic carbocycles. The first-order valence-electron chi connectivity index (χ1n) is 9.30. The Morgan fingerprint density at radius 3 is 2.48 bits per heavy atom. The van der Waals surface area contributed by atoms with Gasteiger partial charge in [0.05, 0.1) is 0 Å². The SMILES string of the molecule is CC(C)N1CC[C@@H](N(C)CCCN2CCC(C3CC3)C2)C1. The lowest BCUT2D eigenvalue weighted by Gasteiger charge is -2.27. The summed E-state index contributed by atoms with van der Waals surface area (Å²) in [6.07, 6.45) is 7.24. The Hall–Kier alpha value is -0.120. The van der Waals surface area contributed by atoms with Gasteiger partial charge in [0.25, 0.3) is 0 Å². The molecule has 1 saturated carbocycles. The van der Waals surface area contributed by atoms with Crippen LogP contribution in [0.2, 0.25) is 0 Å². The molecule has 1 unspecified atom stereocenters. The zero-order valence-corrected chi connectivity index (χ0v) is 14.4. The van der Waals surface area contributed by atoms with Crippen LogP contribution in [0.25, 0.3) is 0 Å². The van der Waals surface area contributed by atoms with Gasteiger partial charge in [0.1, 0.15) is 0 Å². The van der Waals surface area contributed by atoms with Crippen molar-refractivity contribution in [1.82, 2.24) is 14.7 Å². The Morgan fingerprint density at radius 2 is 1.81 bits per heavy atom. The minimum atomic E-state index is 0.715. The van der Waals surface area contributed by atoms with E-state index in [9.17, 15) is 0 Å². The minimum absolute atomic E-state index is 0.715. The molecule has 3 aliphatic rings. The van der Waals surface area contributed by atoms with Crippen molar-refractivity contribution in [3.63, 3.8) is 0 Å². The normalized spacial score (nSPS) is 31.9. The van der Waals surface area contributed by atoms with Gasteiger partial charge in [-0.1, -0.05) is 0 Å². The van der Waals surface area contributed by atoms with E-state index in [1.54, 1.807) is 0 Å². The molecule has 0 aromatic carbocycles. The van der Waals surface area contributed by atoms with Gasteiger partial charge in [-0.05, 0) is 84.5 Å². The quantitative estimate of drug-likeness (QED) is 0.714. The smallest absolute Gasteiger partial charge is 0.0232 e. The highest BCUT2D eigenvalue weighted by molar-refractivity contribution is 4.88. The van der Waals surface area contributed by atoms with Gasteiger partial charge < -0.3 is 9.80 Å². The number of hydrogen-bond donors (Lipinski definition) is 0. The topological polar surface area (TPSA) is 9.72 Å². The summed E-state index contributed by atoms with van der Waals surface area (Å²) in [6.45, 7) is 12.6. The van der Waals surface area contributed by atoms with Gasteiger partial charge in [-0.25, -0.2) is 0 Å². The molecule has 3 fully saturated rings. The molecule has 0 N–H and O–H groups in total. The van der Waals surface area contributed by atoms with E-state index in [-0.39, 0.29) is 0 Å². The van der Waals surface area contributed by atoms with Crippen molar-refractivity contribution >= 4 is 0 Å². The molecule has 0 amide bonds. The fourth-order valence-corrected chi connectivity index (χ4v) is 4.34. The van der Waals surface area contributed by atoms with Crippen LogP contribution in [0, 0.1) is 11.8 Å². The van der Waals surface area contributed by atoms with Crippen LogP contribution in [-0.4, -0.2) is 73.1 Å². The third-order valence-corrected chi connectivity index (χ3v) is 6.13. The van der Waals surface area contributed by atoms with Crippen molar-refractivity contribution in [3.05, 3.63) is 0 Å². The molecular formula is C18H35N3. The van der Waals surface area contributed by atoms with Crippen molar-refractivity contribution < 1.29 is 0 Å². The maximum atomic E-state index is 2.73. The van der Waals surface area contributed by atoms with E-state index < -0.39 is 0 Å². The summed E-state index contributed by atoms with van der Waals surface area (Å²) in [5, 5.41) is 0. The van der Waals surface area contributed by atoms with Crippen molar-refractivity contribution in [3.8, 4) is 0 Å². The molecule has 3 nitrogen and oxygen atoms in total. The second-order valence-electron chi connectivity index (χ2n) is 8.05. The molecule has 21 heavy (non-hydrogen) atoms. The van der Waals surface area contributed by atoms with E-state index >= 15 is 0 Å². The van der Waals surface area contributed by atoms with E-state index in [2.05, 4.69) is 35.6 Å². The first-order valence-corrected chi connectivity index (χ1v) is 9.30. The Morgan fingerprint density at radius 1 is 1.00 bits per heavy atom. The number of nitrogens with zero attached hydrogens (tertiary/aromatic N) is 3. The Labute approximate surface area is 131 Å². The zero-order chi connectivity index (χ0) is 14.8. The third kappa shape index (κ3) is 4.20.